The van der Waals surface area contributed by atoms with Crippen molar-refractivity contribution >= 4 is 45.2 Å². The number of fused-ring (bicyclic) bond motifs is 1. The Bertz CT molecular complexity index is 1040. The summed E-state index contributed by atoms with van der Waals surface area (Å²) in [6, 6.07) is 9.02. The van der Waals surface area contributed by atoms with Crippen LogP contribution in [0.25, 0.3) is 11.2 Å². The number of carbonyl (C=O) groups excluding carboxylic acids is 1. The molecular formula is C24H39N6O5PS. The maximum atomic E-state index is 11.5. The van der Waals surface area contributed by atoms with Gasteiger partial charge in [-0.05, 0) is 30.6 Å². The smallest absolute Gasteiger partial charge is 0.323 e. The number of aromatic nitrogens is 4. The van der Waals surface area contributed by atoms with Crippen molar-refractivity contribution in [1.82, 2.24) is 19.5 Å². The minimum atomic E-state index is -0.532. The molecule has 0 amide bonds. The highest BCUT2D eigenvalue weighted by Crippen LogP contribution is 2.20. The number of nitrogen functional groups attached to an aromatic ring is 1. The summed E-state index contributed by atoms with van der Waals surface area (Å²) in [6.07, 6.45) is 4.35. The molecular weight excluding hydrogens is 515 g/mol. The van der Waals surface area contributed by atoms with E-state index in [1.807, 2.05) is 37.4 Å². The Morgan fingerprint density at radius 1 is 1.22 bits per heavy atom. The van der Waals surface area contributed by atoms with E-state index in [9.17, 15) is 4.79 Å². The van der Waals surface area contributed by atoms with Gasteiger partial charge in [0, 0.05) is 23.6 Å². The number of aryl methyl sites for hydroxylation is 1. The minimum absolute atomic E-state index is 0.188. The SMILES string of the molecule is CCC(COP)OC.COc1nc(N)nc2c1ncn2C.N[C@H](CCCS)C(=O)OCc1ccccc1. The van der Waals surface area contributed by atoms with Crippen LogP contribution in [0.1, 0.15) is 31.7 Å². The number of ether oxygens (including phenoxy) is 3. The first-order valence-corrected chi connectivity index (χ1v) is 12.8. The van der Waals surface area contributed by atoms with Gasteiger partial charge in [-0.15, -0.1) is 0 Å². The zero-order chi connectivity index (χ0) is 27.6. The fourth-order valence-electron chi connectivity index (χ4n) is 2.86. The molecule has 0 bridgehead atoms. The summed E-state index contributed by atoms with van der Waals surface area (Å²) in [4.78, 5) is 23.5. The molecule has 11 nitrogen and oxygen atoms in total. The number of carbonyl (C=O) groups is 1. The van der Waals surface area contributed by atoms with Crippen LogP contribution < -0.4 is 16.2 Å². The van der Waals surface area contributed by atoms with Crippen LogP contribution in [0.4, 0.5) is 5.95 Å². The van der Waals surface area contributed by atoms with E-state index in [1.165, 1.54) is 7.11 Å². The van der Waals surface area contributed by atoms with Crippen LogP contribution in [0.3, 0.4) is 0 Å². The molecule has 0 spiro atoms. The van der Waals surface area contributed by atoms with Gasteiger partial charge in [-0.2, -0.15) is 22.6 Å². The molecule has 0 saturated heterocycles. The molecule has 3 rings (SSSR count). The van der Waals surface area contributed by atoms with Crippen molar-refractivity contribution in [1.29, 1.82) is 0 Å². The van der Waals surface area contributed by atoms with Crippen LogP contribution in [0.5, 0.6) is 5.88 Å². The van der Waals surface area contributed by atoms with Crippen LogP contribution >= 0.6 is 22.1 Å². The van der Waals surface area contributed by atoms with Crippen LogP contribution in [-0.2, 0) is 32.4 Å². The van der Waals surface area contributed by atoms with Crippen LogP contribution in [0, 0.1) is 0 Å². The number of rotatable bonds is 11. The summed E-state index contributed by atoms with van der Waals surface area (Å²) in [5, 5.41) is 0. The van der Waals surface area contributed by atoms with Crippen LogP contribution in [0.15, 0.2) is 36.7 Å². The summed E-state index contributed by atoms with van der Waals surface area (Å²) in [5.41, 5.74) is 13.4. The van der Waals surface area contributed by atoms with Crippen molar-refractivity contribution in [2.24, 2.45) is 12.8 Å². The molecule has 3 atom stereocenters. The number of imidazole rings is 1. The summed E-state index contributed by atoms with van der Waals surface area (Å²) >= 11 is 4.07. The minimum Gasteiger partial charge on any atom is -0.479 e. The van der Waals surface area contributed by atoms with Crippen LogP contribution in [0.2, 0.25) is 0 Å². The van der Waals surface area contributed by atoms with E-state index in [0.717, 1.165) is 24.2 Å². The second kappa shape index (κ2) is 18.7. The molecule has 0 saturated carbocycles. The van der Waals surface area contributed by atoms with Crippen molar-refractivity contribution in [3.63, 3.8) is 0 Å². The lowest BCUT2D eigenvalue weighted by Gasteiger charge is -2.10. The third-order valence-corrected chi connectivity index (χ3v) is 5.52. The average molecular weight is 555 g/mol. The predicted octanol–water partition coefficient (Wildman–Crippen LogP) is 2.94. The number of nitrogens with zero attached hydrogens (tertiary/aromatic N) is 4. The van der Waals surface area contributed by atoms with Crippen molar-refractivity contribution in [3.8, 4) is 5.88 Å². The number of thiol groups is 1. The molecule has 0 aliphatic rings. The number of benzene rings is 1. The summed E-state index contributed by atoms with van der Waals surface area (Å²) in [6.45, 7) is 3.02. The Morgan fingerprint density at radius 3 is 2.46 bits per heavy atom. The topological polar surface area (TPSA) is 150 Å². The number of anilines is 1. The molecule has 13 heteroatoms. The second-order valence-electron chi connectivity index (χ2n) is 7.78. The monoisotopic (exact) mass is 554 g/mol. The lowest BCUT2D eigenvalue weighted by atomic mass is 10.2. The molecule has 2 heterocycles. The third kappa shape index (κ3) is 12.1. The first-order valence-electron chi connectivity index (χ1n) is 11.7. The fraction of sp³-hybridized carbons (Fsp3) is 0.500. The highest BCUT2D eigenvalue weighted by molar-refractivity contribution is 7.80. The van der Waals surface area contributed by atoms with Crippen molar-refractivity contribution in [2.75, 3.05) is 32.3 Å². The van der Waals surface area contributed by atoms with Gasteiger partial charge in [0.2, 0.25) is 11.8 Å². The number of hydrogen-bond acceptors (Lipinski definition) is 11. The fourth-order valence-corrected chi connectivity index (χ4v) is 3.26. The van der Waals surface area contributed by atoms with E-state index < -0.39 is 6.04 Å². The molecule has 4 N–H and O–H groups in total. The van der Waals surface area contributed by atoms with Crippen molar-refractivity contribution < 1.29 is 23.5 Å². The Labute approximate surface area is 226 Å². The van der Waals surface area contributed by atoms with Crippen molar-refractivity contribution in [2.45, 2.75) is 44.9 Å². The van der Waals surface area contributed by atoms with Gasteiger partial charge >= 0.3 is 5.97 Å². The highest BCUT2D eigenvalue weighted by atomic mass is 32.1. The first kappa shape index (κ1) is 32.5. The van der Waals surface area contributed by atoms with Gasteiger partial charge in [0.05, 0.1) is 26.1 Å². The van der Waals surface area contributed by atoms with Gasteiger partial charge in [0.1, 0.15) is 12.6 Å². The molecule has 0 radical (unpaired) electrons. The predicted molar refractivity (Wildman–Crippen MR) is 151 cm³/mol. The molecule has 0 aliphatic carbocycles. The average Bonchev–Trinajstić information content (AvgIpc) is 3.29. The van der Waals surface area contributed by atoms with E-state index in [4.69, 9.17) is 30.2 Å². The van der Waals surface area contributed by atoms with Gasteiger partial charge in [-0.1, -0.05) is 37.3 Å². The molecule has 0 aliphatic heterocycles. The summed E-state index contributed by atoms with van der Waals surface area (Å²) < 4.78 is 21.7. The Kier molecular flexibility index (Phi) is 16.4. The normalized spacial score (nSPS) is 12.0. The quantitative estimate of drug-likeness (QED) is 0.183. The standard InChI is InChI=1S/C12H17NO2S.C7H9N5O.C5H13O2P/c13-11(7-4-8-16)12(14)15-9-10-5-2-1-3-6-10;1-12-3-9-4-5(12)10-7(8)11-6(4)13-2;1-3-5(6-2)4-7-8/h1-3,5-6,11,16H,4,7-9,13H2;3H,1-2H3,(H2,8,10,11);5H,3-4,8H2,1-2H3/t11-;;/m1../s1. The maximum absolute atomic E-state index is 11.5. The van der Waals surface area contributed by atoms with E-state index in [1.54, 1.807) is 18.0 Å². The Morgan fingerprint density at radius 2 is 1.92 bits per heavy atom. The number of nitrogens with two attached hydrogens (primary N) is 2. The molecule has 1 aromatic carbocycles. The molecule has 37 heavy (non-hydrogen) atoms. The van der Waals surface area contributed by atoms with Gasteiger partial charge in [0.25, 0.3) is 0 Å². The van der Waals surface area contributed by atoms with E-state index in [0.29, 0.717) is 30.1 Å². The third-order valence-electron chi connectivity index (χ3n) is 5.01. The zero-order valence-electron chi connectivity index (χ0n) is 21.9. The second-order valence-corrected chi connectivity index (χ2v) is 8.56. The first-order chi connectivity index (χ1) is 17.8. The van der Waals surface area contributed by atoms with E-state index in [2.05, 4.69) is 44.0 Å². The molecule has 0 fully saturated rings. The summed E-state index contributed by atoms with van der Waals surface area (Å²) in [5.74, 6) is 0.987. The number of esters is 1. The Balaban J connectivity index is 0.000000294. The molecule has 206 valence electrons. The van der Waals surface area contributed by atoms with E-state index >= 15 is 0 Å². The largest absolute Gasteiger partial charge is 0.479 e. The maximum Gasteiger partial charge on any atom is 0.323 e. The van der Waals surface area contributed by atoms with Gasteiger partial charge in [-0.3, -0.25) is 4.79 Å². The highest BCUT2D eigenvalue weighted by Gasteiger charge is 2.14. The zero-order valence-corrected chi connectivity index (χ0v) is 23.9. The molecule has 2 aromatic heterocycles. The van der Waals surface area contributed by atoms with Crippen LogP contribution in [-0.4, -0.2) is 64.2 Å². The van der Waals surface area contributed by atoms with Gasteiger partial charge in [-0.25, -0.2) is 4.98 Å². The Hall–Kier alpha value is -2.50. The lowest BCUT2D eigenvalue weighted by Crippen LogP contribution is -2.32. The molecule has 3 aromatic rings. The number of hydrogen-bond donors (Lipinski definition) is 3. The van der Waals surface area contributed by atoms with E-state index in [-0.39, 0.29) is 24.6 Å². The van der Waals surface area contributed by atoms with Crippen molar-refractivity contribution in [3.05, 3.63) is 42.2 Å². The van der Waals surface area contributed by atoms with Gasteiger partial charge < -0.3 is 34.8 Å². The lowest BCUT2D eigenvalue weighted by molar-refractivity contribution is -0.146. The number of methoxy groups -OCH3 is 2. The molecule has 2 unspecified atom stereocenters. The summed E-state index contributed by atoms with van der Waals surface area (Å²) in [7, 11) is 7.25. The van der Waals surface area contributed by atoms with Gasteiger partial charge in [0.15, 0.2) is 11.2 Å².